The van der Waals surface area contributed by atoms with Crippen molar-refractivity contribution >= 4 is 11.6 Å². The third kappa shape index (κ3) is 2.72. The second kappa shape index (κ2) is 5.75. The minimum Gasteiger partial charge on any atom is -0.508 e. The maximum Gasteiger partial charge on any atom is 0.147 e. The van der Waals surface area contributed by atoms with Crippen LogP contribution in [0.5, 0.6) is 5.75 Å². The molecule has 1 saturated carbocycles. The Kier molecular flexibility index (Phi) is 3.81. The summed E-state index contributed by atoms with van der Waals surface area (Å²) in [6.45, 7) is 0. The Morgan fingerprint density at radius 3 is 2.48 bits per heavy atom. The van der Waals surface area contributed by atoms with Crippen LogP contribution in [0.1, 0.15) is 42.7 Å². The molecule has 1 aromatic carbocycles. The van der Waals surface area contributed by atoms with E-state index in [1.807, 2.05) is 6.07 Å². The Hall–Kier alpha value is -2.05. The summed E-state index contributed by atoms with van der Waals surface area (Å²) in [5, 5.41) is 19.0. The van der Waals surface area contributed by atoms with Gasteiger partial charge in [0, 0.05) is 5.56 Å². The summed E-state index contributed by atoms with van der Waals surface area (Å²) in [5.41, 5.74) is 3.16. The van der Waals surface area contributed by atoms with Gasteiger partial charge in [-0.25, -0.2) is 4.98 Å². The van der Waals surface area contributed by atoms with E-state index in [0.29, 0.717) is 11.5 Å². The summed E-state index contributed by atoms with van der Waals surface area (Å²) in [7, 11) is 0. The van der Waals surface area contributed by atoms with Crippen LogP contribution in [0.2, 0.25) is 5.15 Å². The first kappa shape index (κ1) is 13.9. The Balaban J connectivity index is 2.10. The van der Waals surface area contributed by atoms with E-state index in [2.05, 4.69) is 11.1 Å². The van der Waals surface area contributed by atoms with Crippen LogP contribution in [0.25, 0.3) is 11.3 Å². The lowest BCUT2D eigenvalue weighted by Gasteiger charge is -2.14. The first-order chi connectivity index (χ1) is 10.2. The van der Waals surface area contributed by atoms with Crippen LogP contribution in [0, 0.1) is 11.3 Å². The molecule has 0 atom stereocenters. The quantitative estimate of drug-likeness (QED) is 0.822. The molecule has 4 heteroatoms. The Bertz CT molecular complexity index is 698. The van der Waals surface area contributed by atoms with Crippen LogP contribution in [0.15, 0.2) is 30.3 Å². The van der Waals surface area contributed by atoms with Crippen molar-refractivity contribution < 1.29 is 5.11 Å². The van der Waals surface area contributed by atoms with Crippen LogP contribution in [0.3, 0.4) is 0 Å². The summed E-state index contributed by atoms with van der Waals surface area (Å²) in [6, 6.07) is 11.0. The molecule has 1 heterocycles. The summed E-state index contributed by atoms with van der Waals surface area (Å²) >= 11 is 6.21. The highest BCUT2D eigenvalue weighted by atomic mass is 35.5. The van der Waals surface area contributed by atoms with Crippen LogP contribution >= 0.6 is 11.6 Å². The number of benzene rings is 1. The smallest absolute Gasteiger partial charge is 0.147 e. The van der Waals surface area contributed by atoms with E-state index >= 15 is 0 Å². The average molecular weight is 299 g/mol. The Morgan fingerprint density at radius 2 is 1.86 bits per heavy atom. The van der Waals surface area contributed by atoms with E-state index in [1.165, 1.54) is 12.8 Å². The van der Waals surface area contributed by atoms with Gasteiger partial charge >= 0.3 is 0 Å². The van der Waals surface area contributed by atoms with Gasteiger partial charge in [0.15, 0.2) is 0 Å². The highest BCUT2D eigenvalue weighted by Crippen LogP contribution is 2.38. The second-order valence-electron chi connectivity index (χ2n) is 5.40. The first-order valence-electron chi connectivity index (χ1n) is 7.09. The van der Waals surface area contributed by atoms with E-state index in [1.54, 1.807) is 24.3 Å². The fourth-order valence-electron chi connectivity index (χ4n) is 2.98. The molecule has 0 amide bonds. The molecule has 3 nitrogen and oxygen atoms in total. The molecule has 0 saturated heterocycles. The van der Waals surface area contributed by atoms with Gasteiger partial charge in [-0.1, -0.05) is 24.4 Å². The van der Waals surface area contributed by atoms with Gasteiger partial charge in [-0.15, -0.1) is 0 Å². The maximum absolute atomic E-state index is 9.38. The van der Waals surface area contributed by atoms with Crippen molar-refractivity contribution in [1.29, 1.82) is 5.26 Å². The molecule has 1 aliphatic carbocycles. The topological polar surface area (TPSA) is 56.9 Å². The van der Waals surface area contributed by atoms with Gasteiger partial charge in [-0.2, -0.15) is 5.26 Å². The monoisotopic (exact) mass is 298 g/mol. The zero-order chi connectivity index (χ0) is 14.8. The summed E-state index contributed by atoms with van der Waals surface area (Å²) < 4.78 is 0. The highest BCUT2D eigenvalue weighted by Gasteiger charge is 2.23. The summed E-state index contributed by atoms with van der Waals surface area (Å²) in [6.07, 6.45) is 4.60. The SMILES string of the molecule is N#Cc1c(C2CCCC2)cc(-c2ccc(O)cc2)nc1Cl. The number of nitriles is 1. The molecule has 1 aromatic heterocycles. The minimum absolute atomic E-state index is 0.217. The molecule has 1 N–H and O–H groups in total. The first-order valence-corrected chi connectivity index (χ1v) is 7.47. The zero-order valence-corrected chi connectivity index (χ0v) is 12.3. The number of halogens is 1. The van der Waals surface area contributed by atoms with Gasteiger partial charge < -0.3 is 5.11 Å². The van der Waals surface area contributed by atoms with Crippen molar-refractivity contribution in [1.82, 2.24) is 4.98 Å². The van der Waals surface area contributed by atoms with Crippen molar-refractivity contribution in [3.05, 3.63) is 46.6 Å². The lowest BCUT2D eigenvalue weighted by molar-refractivity contribution is 0.475. The molecule has 2 aromatic rings. The molecule has 0 radical (unpaired) electrons. The molecule has 21 heavy (non-hydrogen) atoms. The summed E-state index contributed by atoms with van der Waals surface area (Å²) in [4.78, 5) is 4.34. The third-order valence-electron chi connectivity index (χ3n) is 4.08. The van der Waals surface area contributed by atoms with Gasteiger partial charge in [0.05, 0.1) is 11.3 Å². The van der Waals surface area contributed by atoms with E-state index in [4.69, 9.17) is 11.6 Å². The predicted molar refractivity (Wildman–Crippen MR) is 82.3 cm³/mol. The van der Waals surface area contributed by atoms with Crippen molar-refractivity contribution in [2.75, 3.05) is 0 Å². The number of nitrogens with zero attached hydrogens (tertiary/aromatic N) is 2. The van der Waals surface area contributed by atoms with E-state index < -0.39 is 0 Å². The molecular weight excluding hydrogens is 284 g/mol. The van der Waals surface area contributed by atoms with Crippen molar-refractivity contribution in [3.63, 3.8) is 0 Å². The van der Waals surface area contributed by atoms with E-state index in [9.17, 15) is 10.4 Å². The third-order valence-corrected chi connectivity index (χ3v) is 4.35. The normalized spacial score (nSPS) is 15.0. The number of hydrogen-bond donors (Lipinski definition) is 1. The van der Waals surface area contributed by atoms with Crippen molar-refractivity contribution in [3.8, 4) is 23.1 Å². The molecule has 0 unspecified atom stereocenters. The molecule has 0 spiro atoms. The fraction of sp³-hybridized carbons (Fsp3) is 0.294. The van der Waals surface area contributed by atoms with Gasteiger partial charge in [0.2, 0.25) is 0 Å². The number of aromatic hydroxyl groups is 1. The predicted octanol–water partition coefficient (Wildman–Crippen LogP) is 4.64. The van der Waals surface area contributed by atoms with E-state index in [0.717, 1.165) is 29.7 Å². The molecule has 106 valence electrons. The fourth-order valence-corrected chi connectivity index (χ4v) is 3.22. The van der Waals surface area contributed by atoms with Crippen LogP contribution < -0.4 is 0 Å². The maximum atomic E-state index is 9.38. The number of rotatable bonds is 2. The largest absolute Gasteiger partial charge is 0.508 e. The lowest BCUT2D eigenvalue weighted by Crippen LogP contribution is -2.00. The zero-order valence-electron chi connectivity index (χ0n) is 11.5. The summed E-state index contributed by atoms with van der Waals surface area (Å²) in [5.74, 6) is 0.616. The lowest BCUT2D eigenvalue weighted by atomic mass is 9.93. The number of hydrogen-bond acceptors (Lipinski definition) is 3. The van der Waals surface area contributed by atoms with Crippen LogP contribution in [0.4, 0.5) is 0 Å². The van der Waals surface area contributed by atoms with Gasteiger partial charge in [-0.3, -0.25) is 0 Å². The van der Waals surface area contributed by atoms with Gasteiger partial charge in [-0.05, 0) is 54.7 Å². The molecule has 3 rings (SSSR count). The van der Waals surface area contributed by atoms with Gasteiger partial charge in [0.1, 0.15) is 17.0 Å². The number of phenolic OH excluding ortho intramolecular Hbond substituents is 1. The van der Waals surface area contributed by atoms with Crippen molar-refractivity contribution in [2.24, 2.45) is 0 Å². The molecule has 1 aliphatic rings. The van der Waals surface area contributed by atoms with Crippen LogP contribution in [-0.4, -0.2) is 10.1 Å². The highest BCUT2D eigenvalue weighted by molar-refractivity contribution is 6.30. The molecule has 0 aliphatic heterocycles. The number of pyridine rings is 1. The van der Waals surface area contributed by atoms with Gasteiger partial charge in [0.25, 0.3) is 0 Å². The number of phenols is 1. The molecular formula is C17H15ClN2O. The second-order valence-corrected chi connectivity index (χ2v) is 5.76. The Morgan fingerprint density at radius 1 is 1.19 bits per heavy atom. The minimum atomic E-state index is 0.217. The van der Waals surface area contributed by atoms with Crippen LogP contribution in [-0.2, 0) is 0 Å². The molecule has 1 fully saturated rings. The molecule has 0 bridgehead atoms. The number of aromatic nitrogens is 1. The van der Waals surface area contributed by atoms with Crippen molar-refractivity contribution in [2.45, 2.75) is 31.6 Å². The van der Waals surface area contributed by atoms with E-state index in [-0.39, 0.29) is 10.9 Å². The Labute approximate surface area is 128 Å². The average Bonchev–Trinajstić information content (AvgIpc) is 3.01. The standard InChI is InChI=1S/C17H15ClN2O/c18-17-15(10-19)14(11-3-1-2-4-11)9-16(20-17)12-5-7-13(21)8-6-12/h5-9,11,21H,1-4H2.